The van der Waals surface area contributed by atoms with Crippen LogP contribution in [0.5, 0.6) is 5.75 Å². The Morgan fingerprint density at radius 2 is 1.73 bits per heavy atom. The van der Waals surface area contributed by atoms with E-state index in [2.05, 4.69) is 0 Å². The third-order valence-electron chi connectivity index (χ3n) is 5.02. The van der Waals surface area contributed by atoms with Crippen molar-refractivity contribution in [3.63, 3.8) is 0 Å². The summed E-state index contributed by atoms with van der Waals surface area (Å²) >= 11 is 0. The van der Waals surface area contributed by atoms with E-state index in [1.165, 1.54) is 19.2 Å². The molecule has 0 aliphatic rings. The second-order valence-electron chi connectivity index (χ2n) is 7.07. The van der Waals surface area contributed by atoms with E-state index < -0.39 is 5.97 Å². The molecule has 6 heteroatoms. The lowest BCUT2D eigenvalue weighted by molar-refractivity contribution is -0.141. The minimum atomic E-state index is -0.493. The molecule has 5 nitrogen and oxygen atoms in total. The molecule has 0 aliphatic carbocycles. The number of hydrogen-bond acceptors (Lipinski definition) is 4. The Hall–Kier alpha value is -3.41. The Kier molecular flexibility index (Phi) is 6.67. The van der Waals surface area contributed by atoms with E-state index >= 15 is 0 Å². The average molecular weight is 409 g/mol. The van der Waals surface area contributed by atoms with Crippen molar-refractivity contribution in [2.45, 2.75) is 26.8 Å². The second-order valence-corrected chi connectivity index (χ2v) is 7.07. The van der Waals surface area contributed by atoms with Crippen molar-refractivity contribution >= 4 is 11.8 Å². The summed E-state index contributed by atoms with van der Waals surface area (Å²) in [6.07, 6.45) is 0.0287. The highest BCUT2D eigenvalue weighted by atomic mass is 19.1. The van der Waals surface area contributed by atoms with Gasteiger partial charge in [0.2, 0.25) is 5.78 Å². The molecule has 0 atom stereocenters. The number of Topliss-reactive ketones (excluding diaryl/α,β-unsaturated/α-hetero) is 1. The first-order valence-corrected chi connectivity index (χ1v) is 9.61. The highest BCUT2D eigenvalue weighted by Gasteiger charge is 2.18. The number of hydrogen-bond donors (Lipinski definition) is 0. The molecule has 0 saturated carbocycles. The molecular formula is C24H24FNO4. The number of aryl methyl sites for hydroxylation is 1. The van der Waals surface area contributed by atoms with Gasteiger partial charge in [0.1, 0.15) is 11.6 Å². The van der Waals surface area contributed by atoms with Crippen LogP contribution in [-0.4, -0.2) is 30.0 Å². The molecular weight excluding hydrogens is 385 g/mol. The lowest BCUT2D eigenvalue weighted by Crippen LogP contribution is -2.16. The number of aromatic nitrogens is 1. The molecule has 1 aromatic heterocycles. The lowest BCUT2D eigenvalue weighted by Gasteiger charge is -2.10. The van der Waals surface area contributed by atoms with Crippen LogP contribution in [0.1, 0.15) is 32.9 Å². The van der Waals surface area contributed by atoms with Crippen molar-refractivity contribution in [2.24, 2.45) is 0 Å². The van der Waals surface area contributed by atoms with Gasteiger partial charge in [0.25, 0.3) is 0 Å². The highest BCUT2D eigenvalue weighted by molar-refractivity contribution is 5.99. The number of carbonyl (C=O) groups is 2. The number of rotatable bonds is 8. The summed E-state index contributed by atoms with van der Waals surface area (Å²) in [7, 11) is 1.54. The van der Waals surface area contributed by atoms with Gasteiger partial charge in [0, 0.05) is 29.1 Å². The topological polar surface area (TPSA) is 57.5 Å². The summed E-state index contributed by atoms with van der Waals surface area (Å²) in [5.74, 6) is -0.439. The van der Waals surface area contributed by atoms with Crippen LogP contribution >= 0.6 is 0 Å². The highest BCUT2D eigenvalue weighted by Crippen LogP contribution is 2.20. The van der Waals surface area contributed by atoms with Crippen LogP contribution in [0.25, 0.3) is 0 Å². The van der Waals surface area contributed by atoms with Gasteiger partial charge in [-0.2, -0.15) is 0 Å². The minimum absolute atomic E-state index is 0.0287. The maximum absolute atomic E-state index is 13.1. The number of ether oxygens (including phenoxy) is 2. The molecule has 0 N–H and O–H groups in total. The van der Waals surface area contributed by atoms with Crippen LogP contribution in [0.2, 0.25) is 0 Å². The third kappa shape index (κ3) is 4.95. The molecule has 0 radical (unpaired) electrons. The monoisotopic (exact) mass is 409 g/mol. The van der Waals surface area contributed by atoms with Crippen LogP contribution in [0.3, 0.4) is 0 Å². The van der Waals surface area contributed by atoms with E-state index in [9.17, 15) is 14.0 Å². The summed E-state index contributed by atoms with van der Waals surface area (Å²) in [5, 5.41) is 0. The molecule has 0 amide bonds. The summed E-state index contributed by atoms with van der Waals surface area (Å²) in [6.45, 7) is 3.95. The summed E-state index contributed by atoms with van der Waals surface area (Å²) in [6, 6.07) is 15.2. The van der Waals surface area contributed by atoms with E-state index in [1.54, 1.807) is 30.3 Å². The number of nitrogens with zero attached hydrogens (tertiary/aromatic N) is 1. The number of halogens is 1. The molecule has 0 aliphatic heterocycles. The standard InChI is InChI=1S/C24H24FNO4/c1-16-12-21(17(2)26(16)14-18-8-10-20(25)11-9-18)22(27)15-30-24(28)13-19-6-4-5-7-23(19)29-3/h4-12H,13-15H2,1-3H3. The SMILES string of the molecule is COc1ccccc1CC(=O)OCC(=O)c1cc(C)n(Cc2ccc(F)cc2)c1C. The maximum Gasteiger partial charge on any atom is 0.310 e. The normalized spacial score (nSPS) is 10.7. The van der Waals surface area contributed by atoms with Crippen molar-refractivity contribution in [3.8, 4) is 5.75 Å². The fourth-order valence-electron chi connectivity index (χ4n) is 3.38. The van der Waals surface area contributed by atoms with E-state index in [0.29, 0.717) is 23.4 Å². The fraction of sp³-hybridized carbons (Fsp3) is 0.250. The van der Waals surface area contributed by atoms with E-state index in [0.717, 1.165) is 17.0 Å². The largest absolute Gasteiger partial charge is 0.496 e. The van der Waals surface area contributed by atoms with Gasteiger partial charge in [-0.1, -0.05) is 30.3 Å². The molecule has 0 spiro atoms. The number of esters is 1. The zero-order valence-electron chi connectivity index (χ0n) is 17.3. The van der Waals surface area contributed by atoms with Crippen molar-refractivity contribution in [3.05, 3.63) is 88.5 Å². The van der Waals surface area contributed by atoms with Crippen LogP contribution in [0.15, 0.2) is 54.6 Å². The van der Waals surface area contributed by atoms with Gasteiger partial charge in [-0.3, -0.25) is 9.59 Å². The molecule has 0 saturated heterocycles. The van der Waals surface area contributed by atoms with E-state index in [4.69, 9.17) is 9.47 Å². The van der Waals surface area contributed by atoms with Gasteiger partial charge in [0.05, 0.1) is 13.5 Å². The first kappa shape index (κ1) is 21.3. The maximum atomic E-state index is 13.1. The molecule has 1 heterocycles. The van der Waals surface area contributed by atoms with Crippen molar-refractivity contribution in [2.75, 3.05) is 13.7 Å². The average Bonchev–Trinajstić information content (AvgIpc) is 3.02. The molecule has 0 bridgehead atoms. The second kappa shape index (κ2) is 9.39. The Balaban J connectivity index is 1.64. The predicted molar refractivity (Wildman–Crippen MR) is 111 cm³/mol. The first-order chi connectivity index (χ1) is 14.4. The van der Waals surface area contributed by atoms with Gasteiger partial charge in [0.15, 0.2) is 6.61 Å². The number of ketones is 1. The summed E-state index contributed by atoms with van der Waals surface area (Å²) in [4.78, 5) is 24.8. The van der Waals surface area contributed by atoms with Gasteiger partial charge < -0.3 is 14.0 Å². The minimum Gasteiger partial charge on any atom is -0.496 e. The molecule has 3 aromatic rings. The Morgan fingerprint density at radius 1 is 1.03 bits per heavy atom. The number of carbonyl (C=O) groups excluding carboxylic acids is 2. The van der Waals surface area contributed by atoms with Gasteiger partial charge >= 0.3 is 5.97 Å². The molecule has 30 heavy (non-hydrogen) atoms. The summed E-state index contributed by atoms with van der Waals surface area (Å²) in [5.41, 5.74) is 3.83. The number of para-hydroxylation sites is 1. The van der Waals surface area contributed by atoms with Gasteiger partial charge in [-0.05, 0) is 43.7 Å². The Morgan fingerprint density at radius 3 is 2.43 bits per heavy atom. The van der Waals surface area contributed by atoms with Crippen molar-refractivity contribution in [1.82, 2.24) is 4.57 Å². The van der Waals surface area contributed by atoms with Crippen molar-refractivity contribution in [1.29, 1.82) is 0 Å². The molecule has 156 valence electrons. The number of methoxy groups -OCH3 is 1. The van der Waals surface area contributed by atoms with E-state index in [-0.39, 0.29) is 24.6 Å². The van der Waals surface area contributed by atoms with Crippen LogP contribution < -0.4 is 4.74 Å². The molecule has 2 aromatic carbocycles. The zero-order chi connectivity index (χ0) is 21.7. The number of benzene rings is 2. The van der Waals surface area contributed by atoms with Crippen LogP contribution in [0.4, 0.5) is 4.39 Å². The third-order valence-corrected chi connectivity index (χ3v) is 5.02. The smallest absolute Gasteiger partial charge is 0.310 e. The van der Waals surface area contributed by atoms with Crippen LogP contribution in [0, 0.1) is 19.7 Å². The van der Waals surface area contributed by atoms with Gasteiger partial charge in [-0.15, -0.1) is 0 Å². The zero-order valence-corrected chi connectivity index (χ0v) is 17.3. The predicted octanol–water partition coefficient (Wildman–Crippen LogP) is 4.27. The molecule has 0 unspecified atom stereocenters. The molecule has 3 rings (SSSR count). The molecule has 0 fully saturated rings. The van der Waals surface area contributed by atoms with Gasteiger partial charge in [-0.25, -0.2) is 4.39 Å². The summed E-state index contributed by atoms with van der Waals surface area (Å²) < 4.78 is 25.5. The van der Waals surface area contributed by atoms with Crippen molar-refractivity contribution < 1.29 is 23.5 Å². The lowest BCUT2D eigenvalue weighted by atomic mass is 10.1. The quantitative estimate of drug-likeness (QED) is 0.412. The van der Waals surface area contributed by atoms with E-state index in [1.807, 2.05) is 30.5 Å². The Labute approximate surface area is 175 Å². The first-order valence-electron chi connectivity index (χ1n) is 9.61. The van der Waals surface area contributed by atoms with Crippen LogP contribution in [-0.2, 0) is 22.5 Å². The Bertz CT molecular complexity index is 1050. The fourth-order valence-corrected chi connectivity index (χ4v) is 3.38.